The number of hydrogen-bond donors (Lipinski definition) is 0. The third kappa shape index (κ3) is 2.84. The zero-order valence-electron chi connectivity index (χ0n) is 27.0. The van der Waals surface area contributed by atoms with E-state index in [0.29, 0.717) is 23.7 Å². The third-order valence-electron chi connectivity index (χ3n) is 14.8. The molecule has 3 heterocycles. The van der Waals surface area contributed by atoms with Crippen LogP contribution in [0.4, 0.5) is 0 Å². The monoisotopic (exact) mass is 621 g/mol. The van der Waals surface area contributed by atoms with E-state index in [-0.39, 0.29) is 0 Å². The molecule has 232 valence electrons. The molecular weight excluding hydrogens is 587 g/mol. The predicted molar refractivity (Wildman–Crippen MR) is 189 cm³/mol. The Bertz CT molecular complexity index is 2700. The number of rotatable bonds is 0. The van der Waals surface area contributed by atoms with Gasteiger partial charge < -0.3 is 8.82 Å². The van der Waals surface area contributed by atoms with E-state index in [1.54, 1.807) is 0 Å². The summed E-state index contributed by atoms with van der Waals surface area (Å²) in [6.07, 6.45) is 12.7. The zero-order valence-corrected chi connectivity index (χ0v) is 27.0. The summed E-state index contributed by atoms with van der Waals surface area (Å²) < 4.78 is 9.31. The maximum atomic E-state index is 10.9. The molecule has 4 nitrogen and oxygen atoms in total. The molecule has 0 spiro atoms. The lowest BCUT2D eigenvalue weighted by Gasteiger charge is -2.38. The molecule has 7 aromatic rings. The van der Waals surface area contributed by atoms with Crippen molar-refractivity contribution in [2.45, 2.75) is 87.9 Å². The summed E-state index contributed by atoms with van der Waals surface area (Å²) in [5.74, 6) is 5.07. The summed E-state index contributed by atoms with van der Waals surface area (Å²) >= 11 is 0. The van der Waals surface area contributed by atoms with Gasteiger partial charge in [0.05, 0.1) is 39.8 Å². The second-order valence-corrected chi connectivity index (χ2v) is 17.1. The standard InChI is InChI=1S/C44H35N3O/c45-18-28-15-32-40(38-26-11-20-5-21(12-26)8-24(7-20)36(28)38)31-17-35-41(30-3-1-2-4-34(30)48-35)43-42-33(47(32)44(31)43)16-29(19-46)37-25-9-22-6-23(10-25)14-27(13-22)39(37)42/h1-4,15-17,20-27H,5-14H2. The molecule has 0 saturated heterocycles. The van der Waals surface area contributed by atoms with Crippen LogP contribution in [-0.2, 0) is 0 Å². The Morgan fingerprint density at radius 3 is 1.62 bits per heavy atom. The molecule has 48 heavy (non-hydrogen) atoms. The summed E-state index contributed by atoms with van der Waals surface area (Å²) in [6.45, 7) is 0. The van der Waals surface area contributed by atoms with Gasteiger partial charge in [0, 0.05) is 32.3 Å². The van der Waals surface area contributed by atoms with Crippen LogP contribution in [0.25, 0.3) is 60.0 Å². The van der Waals surface area contributed by atoms with E-state index in [1.165, 1.54) is 135 Å². The molecule has 8 aliphatic carbocycles. The van der Waals surface area contributed by atoms with Crippen LogP contribution in [0.15, 0.2) is 46.9 Å². The number of furan rings is 1. The first kappa shape index (κ1) is 25.5. The number of nitrogens with zero attached hydrogens (tertiary/aromatic N) is 3. The summed E-state index contributed by atoms with van der Waals surface area (Å²) in [6, 6.07) is 21.0. The first-order valence-electron chi connectivity index (χ1n) is 18.7. The molecule has 4 unspecified atom stereocenters. The van der Waals surface area contributed by atoms with Crippen molar-refractivity contribution < 1.29 is 4.42 Å². The van der Waals surface area contributed by atoms with Gasteiger partial charge in [0.2, 0.25) is 0 Å². The van der Waals surface area contributed by atoms with E-state index in [2.05, 4.69) is 59.0 Å². The number of aromatic nitrogens is 1. The highest BCUT2D eigenvalue weighted by Gasteiger charge is 2.47. The zero-order chi connectivity index (χ0) is 31.2. The molecule has 4 atom stereocenters. The van der Waals surface area contributed by atoms with E-state index in [0.717, 1.165) is 46.0 Å². The van der Waals surface area contributed by atoms with Crippen molar-refractivity contribution in [1.82, 2.24) is 4.40 Å². The van der Waals surface area contributed by atoms with Gasteiger partial charge in [0.15, 0.2) is 0 Å². The number of benzene rings is 4. The highest BCUT2D eigenvalue weighted by Crippen LogP contribution is 2.62. The van der Waals surface area contributed by atoms with Gasteiger partial charge in [0.25, 0.3) is 0 Å². The molecule has 8 bridgehead atoms. The second kappa shape index (κ2) is 8.36. The molecule has 0 amide bonds. The molecule has 4 heteroatoms. The topological polar surface area (TPSA) is 65.1 Å². The summed E-state index contributed by atoms with van der Waals surface area (Å²) in [4.78, 5) is 0. The lowest BCUT2D eigenvalue weighted by molar-refractivity contribution is 0.166. The fraction of sp³-hybridized carbons (Fsp3) is 0.409. The minimum absolute atomic E-state index is 0.482. The van der Waals surface area contributed by atoms with Crippen LogP contribution in [0.5, 0.6) is 0 Å². The van der Waals surface area contributed by atoms with E-state index < -0.39 is 0 Å². The summed E-state index contributed by atoms with van der Waals surface area (Å²) in [5.41, 5.74) is 13.0. The van der Waals surface area contributed by atoms with Gasteiger partial charge in [-0.1, -0.05) is 18.2 Å². The maximum Gasteiger partial charge on any atom is 0.136 e. The van der Waals surface area contributed by atoms with Gasteiger partial charge in [0.1, 0.15) is 11.2 Å². The Labute approximate surface area is 278 Å². The van der Waals surface area contributed by atoms with Gasteiger partial charge in [-0.05, 0) is 158 Å². The van der Waals surface area contributed by atoms with Crippen LogP contribution in [-0.4, -0.2) is 4.40 Å². The van der Waals surface area contributed by atoms with Crippen molar-refractivity contribution in [3.05, 3.63) is 75.8 Å². The molecule has 4 aromatic carbocycles. The normalized spacial score (nSPS) is 31.3. The lowest BCUT2D eigenvalue weighted by atomic mass is 9.67. The summed E-state index contributed by atoms with van der Waals surface area (Å²) in [5, 5.41) is 29.4. The minimum atomic E-state index is 0.482. The van der Waals surface area contributed by atoms with Crippen LogP contribution < -0.4 is 0 Å². The molecule has 0 aliphatic heterocycles. The Morgan fingerprint density at radius 1 is 0.521 bits per heavy atom. The maximum absolute atomic E-state index is 10.9. The molecule has 8 aliphatic rings. The third-order valence-corrected chi connectivity index (χ3v) is 14.8. The highest BCUT2D eigenvalue weighted by atomic mass is 16.3. The largest absolute Gasteiger partial charge is 0.456 e. The van der Waals surface area contributed by atoms with E-state index in [9.17, 15) is 10.5 Å². The molecule has 0 radical (unpaired) electrons. The van der Waals surface area contributed by atoms with Crippen LogP contribution in [0, 0.1) is 46.3 Å². The van der Waals surface area contributed by atoms with Crippen molar-refractivity contribution in [2.24, 2.45) is 23.7 Å². The first-order chi connectivity index (χ1) is 23.6. The number of nitriles is 2. The fourth-order valence-corrected chi connectivity index (χ4v) is 13.8. The predicted octanol–water partition coefficient (Wildman–Crippen LogP) is 11.3. The highest BCUT2D eigenvalue weighted by molar-refractivity contribution is 6.35. The van der Waals surface area contributed by atoms with Gasteiger partial charge in [-0.25, -0.2) is 0 Å². The molecule has 15 rings (SSSR count). The van der Waals surface area contributed by atoms with Crippen LogP contribution >= 0.6 is 0 Å². The van der Waals surface area contributed by atoms with Crippen molar-refractivity contribution in [3.8, 4) is 12.1 Å². The Hall–Kier alpha value is -4.54. The van der Waals surface area contributed by atoms with Crippen molar-refractivity contribution in [1.29, 1.82) is 10.5 Å². The molecular formula is C44H35N3O. The Morgan fingerprint density at radius 2 is 1.04 bits per heavy atom. The van der Waals surface area contributed by atoms with Crippen LogP contribution in [0.1, 0.15) is 121 Å². The van der Waals surface area contributed by atoms with E-state index in [4.69, 9.17) is 4.42 Å². The minimum Gasteiger partial charge on any atom is -0.456 e. The van der Waals surface area contributed by atoms with Crippen molar-refractivity contribution in [3.63, 3.8) is 0 Å². The average Bonchev–Trinajstić information content (AvgIpc) is 3.65. The Kier molecular flexibility index (Phi) is 4.43. The van der Waals surface area contributed by atoms with E-state index >= 15 is 0 Å². The lowest BCUT2D eigenvalue weighted by Crippen LogP contribution is -2.25. The van der Waals surface area contributed by atoms with Crippen molar-refractivity contribution in [2.75, 3.05) is 0 Å². The van der Waals surface area contributed by atoms with Crippen molar-refractivity contribution >= 4 is 60.0 Å². The average molecular weight is 622 g/mol. The van der Waals surface area contributed by atoms with Gasteiger partial charge in [-0.3, -0.25) is 0 Å². The first-order valence-corrected chi connectivity index (χ1v) is 18.7. The van der Waals surface area contributed by atoms with Gasteiger partial charge in [-0.15, -0.1) is 0 Å². The quantitative estimate of drug-likeness (QED) is 0.169. The molecule has 4 saturated carbocycles. The number of fused-ring (bicyclic) bond motifs is 10. The van der Waals surface area contributed by atoms with Gasteiger partial charge >= 0.3 is 0 Å². The Balaban J connectivity index is 1.30. The number of hydrogen-bond acceptors (Lipinski definition) is 3. The van der Waals surface area contributed by atoms with Crippen LogP contribution in [0.2, 0.25) is 0 Å². The molecule has 4 fully saturated rings. The van der Waals surface area contributed by atoms with Gasteiger partial charge in [-0.2, -0.15) is 10.5 Å². The number of para-hydroxylation sites is 1. The second-order valence-electron chi connectivity index (χ2n) is 17.1. The van der Waals surface area contributed by atoms with E-state index in [1.807, 2.05) is 0 Å². The van der Waals surface area contributed by atoms with Crippen LogP contribution in [0.3, 0.4) is 0 Å². The fourth-order valence-electron chi connectivity index (χ4n) is 13.8. The SMILES string of the molecule is N#Cc1cc2c(c3c1C1CC4CC(C1)CC3C4)c1cc3oc4ccccc4c3c3c4c5c(c(C#N)cc4n2c13)C1CC2CC(C1)CC5C2. The molecule has 3 aromatic heterocycles. The molecule has 0 N–H and O–H groups in total. The smallest absolute Gasteiger partial charge is 0.136 e. The summed E-state index contributed by atoms with van der Waals surface area (Å²) in [7, 11) is 0.